The third-order valence-electron chi connectivity index (χ3n) is 3.99. The topological polar surface area (TPSA) is 20.2 Å². The number of nitrogens with one attached hydrogen (secondary N) is 1. The molecule has 21 heavy (non-hydrogen) atoms. The van der Waals surface area contributed by atoms with Crippen LogP contribution < -0.4 is 5.32 Å². The van der Waals surface area contributed by atoms with Gasteiger partial charge < -0.3 is 9.88 Å². The summed E-state index contributed by atoms with van der Waals surface area (Å²) >= 11 is 0. The van der Waals surface area contributed by atoms with Gasteiger partial charge in [0.2, 0.25) is 0 Å². The maximum absolute atomic E-state index is 13.1. The normalized spacial score (nSPS) is 17.5. The van der Waals surface area contributed by atoms with Crippen LogP contribution in [-0.2, 0) is 19.8 Å². The molecule has 6 heteroatoms. The summed E-state index contributed by atoms with van der Waals surface area (Å²) in [5.74, 6) is 0. The Hall–Kier alpha value is -1.53. The first-order valence-electron chi connectivity index (χ1n) is 7.04. The first-order valence-corrected chi connectivity index (χ1v) is 7.04. The third-order valence-corrected chi connectivity index (χ3v) is 3.99. The molecule has 1 N–H and O–H groups in total. The molecule has 0 radical (unpaired) electrons. The lowest BCUT2D eigenvalue weighted by molar-refractivity contribution is -0.136. The highest BCUT2D eigenvalue weighted by atomic mass is 19.4. The van der Waals surface area contributed by atoms with Crippen molar-refractivity contribution in [1.29, 1.82) is 0 Å². The van der Waals surface area contributed by atoms with E-state index < -0.39 is 11.7 Å². The van der Waals surface area contributed by atoms with Crippen molar-refractivity contribution in [3.8, 4) is 0 Å². The van der Waals surface area contributed by atoms with Gasteiger partial charge in [0.15, 0.2) is 0 Å². The van der Waals surface area contributed by atoms with Crippen LogP contribution in [-0.4, -0.2) is 35.6 Å². The fourth-order valence-corrected chi connectivity index (χ4v) is 3.02. The fourth-order valence-electron chi connectivity index (χ4n) is 3.02. The molecule has 0 atom stereocenters. The number of piperazine rings is 1. The number of benzene rings is 1. The van der Waals surface area contributed by atoms with Crippen molar-refractivity contribution in [1.82, 2.24) is 14.8 Å². The summed E-state index contributed by atoms with van der Waals surface area (Å²) in [6.07, 6.45) is -2.50. The summed E-state index contributed by atoms with van der Waals surface area (Å²) in [6, 6.07) is 4.42. The number of halogens is 3. The van der Waals surface area contributed by atoms with Crippen molar-refractivity contribution >= 4 is 10.9 Å². The minimum Gasteiger partial charge on any atom is -0.350 e. The van der Waals surface area contributed by atoms with E-state index in [0.717, 1.165) is 37.8 Å². The number of para-hydroxylation sites is 1. The number of rotatable bonds is 2. The summed E-state index contributed by atoms with van der Waals surface area (Å²) in [7, 11) is 1.68. The highest BCUT2D eigenvalue weighted by Crippen LogP contribution is 2.36. The van der Waals surface area contributed by atoms with Crippen molar-refractivity contribution < 1.29 is 13.2 Å². The molecular weight excluding hydrogens is 279 g/mol. The van der Waals surface area contributed by atoms with Crippen LogP contribution >= 0.6 is 0 Å². The van der Waals surface area contributed by atoms with Gasteiger partial charge in [0, 0.05) is 51.4 Å². The average molecular weight is 297 g/mol. The summed E-state index contributed by atoms with van der Waals surface area (Å²) in [5.41, 5.74) is 0.671. The quantitative estimate of drug-likeness (QED) is 0.919. The number of hydrogen-bond acceptors (Lipinski definition) is 2. The first-order chi connectivity index (χ1) is 9.97. The molecule has 2 aromatic rings. The number of aromatic nitrogens is 1. The second-order valence-corrected chi connectivity index (χ2v) is 5.49. The Morgan fingerprint density at radius 1 is 1.19 bits per heavy atom. The second kappa shape index (κ2) is 5.35. The Labute approximate surface area is 121 Å². The Morgan fingerprint density at radius 3 is 2.57 bits per heavy atom. The maximum atomic E-state index is 13.1. The van der Waals surface area contributed by atoms with Gasteiger partial charge in [0.05, 0.1) is 11.1 Å². The molecule has 1 aliphatic rings. The van der Waals surface area contributed by atoms with Gasteiger partial charge >= 0.3 is 6.18 Å². The van der Waals surface area contributed by atoms with Crippen LogP contribution in [0.1, 0.15) is 11.1 Å². The number of alkyl halides is 3. The smallest absolute Gasteiger partial charge is 0.350 e. The van der Waals surface area contributed by atoms with Crippen molar-refractivity contribution in [3.63, 3.8) is 0 Å². The predicted molar refractivity (Wildman–Crippen MR) is 76.1 cm³/mol. The van der Waals surface area contributed by atoms with Crippen LogP contribution in [0.5, 0.6) is 0 Å². The van der Waals surface area contributed by atoms with E-state index >= 15 is 0 Å². The van der Waals surface area contributed by atoms with E-state index in [4.69, 9.17) is 0 Å². The van der Waals surface area contributed by atoms with Gasteiger partial charge in [-0.1, -0.05) is 12.1 Å². The molecule has 0 aliphatic carbocycles. The molecule has 2 heterocycles. The van der Waals surface area contributed by atoms with E-state index in [9.17, 15) is 13.2 Å². The largest absolute Gasteiger partial charge is 0.418 e. The minimum absolute atomic E-state index is 0.273. The Kier molecular flexibility index (Phi) is 3.67. The molecule has 0 bridgehead atoms. The van der Waals surface area contributed by atoms with Crippen molar-refractivity contribution in [2.24, 2.45) is 7.05 Å². The van der Waals surface area contributed by atoms with Crippen LogP contribution in [0.2, 0.25) is 0 Å². The van der Waals surface area contributed by atoms with Crippen LogP contribution in [0.3, 0.4) is 0 Å². The number of fused-ring (bicyclic) bond motifs is 1. The Balaban J connectivity index is 2.01. The standard InChI is InChI=1S/C15H18F3N3/c1-20-9-11(10-21-7-5-19-6-8-21)12-3-2-4-13(14(12)20)15(16,17)18/h2-4,9,19H,5-8,10H2,1H3. The van der Waals surface area contributed by atoms with Crippen LogP contribution in [0.4, 0.5) is 13.2 Å². The molecule has 0 spiro atoms. The van der Waals surface area contributed by atoms with Gasteiger partial charge in [-0.15, -0.1) is 0 Å². The monoisotopic (exact) mass is 297 g/mol. The molecule has 1 saturated heterocycles. The van der Waals surface area contributed by atoms with Crippen molar-refractivity contribution in [2.45, 2.75) is 12.7 Å². The zero-order valence-corrected chi connectivity index (χ0v) is 11.9. The summed E-state index contributed by atoms with van der Waals surface area (Å²) < 4.78 is 41.0. The van der Waals surface area contributed by atoms with Gasteiger partial charge in [-0.05, 0) is 11.6 Å². The van der Waals surface area contributed by atoms with Crippen LogP contribution in [0.15, 0.2) is 24.4 Å². The molecule has 1 aliphatic heterocycles. The van der Waals surface area contributed by atoms with Gasteiger partial charge in [-0.3, -0.25) is 4.90 Å². The minimum atomic E-state index is -4.32. The lowest BCUT2D eigenvalue weighted by atomic mass is 10.1. The molecule has 114 valence electrons. The van der Waals surface area contributed by atoms with E-state index in [1.165, 1.54) is 6.07 Å². The lowest BCUT2D eigenvalue weighted by Crippen LogP contribution is -2.42. The molecule has 3 nitrogen and oxygen atoms in total. The molecule has 1 fully saturated rings. The molecule has 3 rings (SSSR count). The fraction of sp³-hybridized carbons (Fsp3) is 0.467. The highest BCUT2D eigenvalue weighted by Gasteiger charge is 2.34. The molecule has 0 amide bonds. The third kappa shape index (κ3) is 2.78. The van der Waals surface area contributed by atoms with Crippen molar-refractivity contribution in [2.75, 3.05) is 26.2 Å². The number of aryl methyl sites for hydroxylation is 1. The van der Waals surface area contributed by atoms with E-state index in [2.05, 4.69) is 10.2 Å². The lowest BCUT2D eigenvalue weighted by Gasteiger charge is -2.26. The Bertz CT molecular complexity index is 639. The first kappa shape index (κ1) is 14.4. The molecular formula is C15H18F3N3. The average Bonchev–Trinajstić information content (AvgIpc) is 2.76. The van der Waals surface area contributed by atoms with Crippen LogP contribution in [0, 0.1) is 0 Å². The van der Waals surface area contributed by atoms with Gasteiger partial charge in [0.25, 0.3) is 0 Å². The summed E-state index contributed by atoms with van der Waals surface area (Å²) in [6.45, 7) is 4.40. The zero-order valence-electron chi connectivity index (χ0n) is 11.9. The summed E-state index contributed by atoms with van der Waals surface area (Å²) in [5, 5.41) is 3.98. The molecule has 0 unspecified atom stereocenters. The zero-order chi connectivity index (χ0) is 15.0. The number of hydrogen-bond donors (Lipinski definition) is 1. The SMILES string of the molecule is Cn1cc(CN2CCNCC2)c2cccc(C(F)(F)F)c21. The van der Waals surface area contributed by atoms with E-state index in [0.29, 0.717) is 11.9 Å². The van der Waals surface area contributed by atoms with E-state index in [1.807, 2.05) is 6.20 Å². The Morgan fingerprint density at radius 2 is 1.90 bits per heavy atom. The highest BCUT2D eigenvalue weighted by molar-refractivity contribution is 5.87. The van der Waals surface area contributed by atoms with Gasteiger partial charge in [-0.25, -0.2) is 0 Å². The predicted octanol–water partition coefficient (Wildman–Crippen LogP) is 2.60. The second-order valence-electron chi connectivity index (χ2n) is 5.49. The molecule has 1 aromatic heterocycles. The van der Waals surface area contributed by atoms with E-state index in [1.54, 1.807) is 17.7 Å². The maximum Gasteiger partial charge on any atom is 0.418 e. The summed E-state index contributed by atoms with van der Waals surface area (Å²) in [4.78, 5) is 2.27. The molecule has 0 saturated carbocycles. The van der Waals surface area contributed by atoms with Gasteiger partial charge in [-0.2, -0.15) is 13.2 Å². The molecule has 1 aromatic carbocycles. The van der Waals surface area contributed by atoms with Gasteiger partial charge in [0.1, 0.15) is 0 Å². The van der Waals surface area contributed by atoms with Crippen LogP contribution in [0.25, 0.3) is 10.9 Å². The van der Waals surface area contributed by atoms with Crippen molar-refractivity contribution in [3.05, 3.63) is 35.5 Å². The van der Waals surface area contributed by atoms with E-state index in [-0.39, 0.29) is 5.52 Å². The number of nitrogens with zero attached hydrogens (tertiary/aromatic N) is 2.